The molecular formula is C24H30F3N5O2. The molecule has 184 valence electrons. The zero-order valence-electron chi connectivity index (χ0n) is 19.9. The summed E-state index contributed by atoms with van der Waals surface area (Å²) in [6.45, 7) is 3.47. The highest BCUT2D eigenvalue weighted by atomic mass is 19.4. The van der Waals surface area contributed by atoms with Crippen molar-refractivity contribution in [3.63, 3.8) is 0 Å². The van der Waals surface area contributed by atoms with Crippen LogP contribution in [-0.4, -0.2) is 71.7 Å². The largest absolute Gasteiger partial charge is 0.493 e. The SMILES string of the molecule is CCN(C(=O)NCC(N(C)C)C(F)(F)F)C(C)c1cccc(-c2cc(OC)c3nccn3c2)c1. The van der Waals surface area contributed by atoms with E-state index in [1.54, 1.807) is 20.2 Å². The molecule has 2 atom stereocenters. The summed E-state index contributed by atoms with van der Waals surface area (Å²) in [6.07, 6.45) is 1.03. The third-order valence-electron chi connectivity index (χ3n) is 5.89. The van der Waals surface area contributed by atoms with E-state index in [1.165, 1.54) is 19.0 Å². The fraction of sp³-hybridized carbons (Fsp3) is 0.417. The highest BCUT2D eigenvalue weighted by Gasteiger charge is 2.41. The van der Waals surface area contributed by atoms with Gasteiger partial charge in [0, 0.05) is 37.2 Å². The zero-order chi connectivity index (χ0) is 25.0. The minimum atomic E-state index is -4.44. The third kappa shape index (κ3) is 5.44. The van der Waals surface area contributed by atoms with E-state index in [2.05, 4.69) is 10.3 Å². The molecule has 34 heavy (non-hydrogen) atoms. The molecule has 0 aliphatic carbocycles. The normalized spacial score (nSPS) is 13.7. The number of fused-ring (bicyclic) bond motifs is 1. The lowest BCUT2D eigenvalue weighted by Crippen LogP contribution is -2.52. The molecule has 3 rings (SSSR count). The van der Waals surface area contributed by atoms with E-state index >= 15 is 0 Å². The molecule has 1 N–H and O–H groups in total. The Hall–Kier alpha value is -3.27. The second-order valence-corrected chi connectivity index (χ2v) is 8.25. The first-order chi connectivity index (χ1) is 16.1. The number of benzene rings is 1. The Morgan fingerprint density at radius 1 is 1.24 bits per heavy atom. The number of urea groups is 1. The van der Waals surface area contributed by atoms with Crippen LogP contribution >= 0.6 is 0 Å². The van der Waals surface area contributed by atoms with Crippen LogP contribution in [0.4, 0.5) is 18.0 Å². The fourth-order valence-electron chi connectivity index (χ4n) is 3.94. The van der Waals surface area contributed by atoms with E-state index < -0.39 is 24.8 Å². The first-order valence-corrected chi connectivity index (χ1v) is 11.0. The number of nitrogens with one attached hydrogen (secondary N) is 1. The van der Waals surface area contributed by atoms with Crippen molar-refractivity contribution in [1.29, 1.82) is 0 Å². The molecule has 1 aromatic carbocycles. The first kappa shape index (κ1) is 25.4. The van der Waals surface area contributed by atoms with Crippen LogP contribution in [0.15, 0.2) is 48.9 Å². The van der Waals surface area contributed by atoms with Gasteiger partial charge in [0.1, 0.15) is 6.04 Å². The number of amides is 2. The van der Waals surface area contributed by atoms with E-state index in [1.807, 2.05) is 54.0 Å². The van der Waals surface area contributed by atoms with E-state index in [0.29, 0.717) is 17.9 Å². The van der Waals surface area contributed by atoms with E-state index in [4.69, 9.17) is 4.74 Å². The number of rotatable bonds is 8. The molecule has 3 aromatic rings. The maximum Gasteiger partial charge on any atom is 0.405 e. The van der Waals surface area contributed by atoms with Crippen LogP contribution in [0.25, 0.3) is 16.8 Å². The van der Waals surface area contributed by atoms with Gasteiger partial charge in [0.05, 0.1) is 13.2 Å². The average molecular weight is 478 g/mol. The Labute approximate surface area is 197 Å². The number of hydrogen-bond donors (Lipinski definition) is 1. The molecule has 2 heterocycles. The molecule has 0 aliphatic rings. The van der Waals surface area contributed by atoms with Gasteiger partial charge in [-0.1, -0.05) is 18.2 Å². The predicted molar refractivity (Wildman–Crippen MR) is 125 cm³/mol. The summed E-state index contributed by atoms with van der Waals surface area (Å²) >= 11 is 0. The Morgan fingerprint density at radius 2 is 1.97 bits per heavy atom. The summed E-state index contributed by atoms with van der Waals surface area (Å²) in [5, 5.41) is 2.45. The van der Waals surface area contributed by atoms with Gasteiger partial charge in [-0.3, -0.25) is 4.90 Å². The van der Waals surface area contributed by atoms with Crippen molar-refractivity contribution < 1.29 is 22.7 Å². The number of likely N-dealkylation sites (N-methyl/N-ethyl adjacent to an activating group) is 1. The molecule has 0 radical (unpaired) electrons. The van der Waals surface area contributed by atoms with E-state index in [0.717, 1.165) is 21.6 Å². The standard InChI is InChI=1S/C24H30F3N5O2/c1-6-32(23(33)29-14-21(30(3)4)24(25,26)27)16(2)17-8-7-9-18(12-17)19-13-20(34-5)22-28-10-11-31(22)15-19/h7-13,15-16,21H,6,14H2,1-5H3,(H,29,33). The van der Waals surface area contributed by atoms with Crippen molar-refractivity contribution in [2.75, 3.05) is 34.3 Å². The summed E-state index contributed by atoms with van der Waals surface area (Å²) in [5.41, 5.74) is 3.39. The topological polar surface area (TPSA) is 62.1 Å². The lowest BCUT2D eigenvalue weighted by atomic mass is 10.00. The van der Waals surface area contributed by atoms with Gasteiger partial charge < -0.3 is 19.4 Å². The highest BCUT2D eigenvalue weighted by molar-refractivity contribution is 5.75. The molecule has 7 nitrogen and oxygen atoms in total. The number of hydrogen-bond acceptors (Lipinski definition) is 4. The van der Waals surface area contributed by atoms with Gasteiger partial charge in [0.15, 0.2) is 11.4 Å². The smallest absolute Gasteiger partial charge is 0.405 e. The number of alkyl halides is 3. The fourth-order valence-corrected chi connectivity index (χ4v) is 3.94. The van der Waals surface area contributed by atoms with Crippen LogP contribution < -0.4 is 10.1 Å². The van der Waals surface area contributed by atoms with Crippen LogP contribution in [0, 0.1) is 0 Å². The van der Waals surface area contributed by atoms with Crippen molar-refractivity contribution in [3.05, 3.63) is 54.5 Å². The van der Waals surface area contributed by atoms with Crippen LogP contribution in [-0.2, 0) is 0 Å². The predicted octanol–water partition coefficient (Wildman–Crippen LogP) is 4.59. The maximum atomic E-state index is 13.2. The molecule has 0 aliphatic heterocycles. The summed E-state index contributed by atoms with van der Waals surface area (Å²) in [6, 6.07) is 6.95. The molecule has 0 spiro atoms. The molecule has 0 fully saturated rings. The molecule has 2 aromatic heterocycles. The maximum absolute atomic E-state index is 13.2. The van der Waals surface area contributed by atoms with Crippen molar-refractivity contribution in [1.82, 2.24) is 24.5 Å². The van der Waals surface area contributed by atoms with Crippen molar-refractivity contribution in [2.24, 2.45) is 0 Å². The monoisotopic (exact) mass is 477 g/mol. The Bertz CT molecular complexity index is 1130. The number of carbonyl (C=O) groups excluding carboxylic acids is 1. The number of ether oxygens (including phenoxy) is 1. The third-order valence-corrected chi connectivity index (χ3v) is 5.89. The minimum Gasteiger partial charge on any atom is -0.493 e. The van der Waals surface area contributed by atoms with Gasteiger partial charge in [-0.05, 0) is 51.2 Å². The summed E-state index contributed by atoms with van der Waals surface area (Å²) < 4.78 is 47.1. The molecule has 10 heteroatoms. The van der Waals surface area contributed by atoms with E-state index in [-0.39, 0.29) is 6.04 Å². The van der Waals surface area contributed by atoms with Crippen molar-refractivity contribution >= 4 is 11.7 Å². The average Bonchev–Trinajstić information content (AvgIpc) is 3.26. The Kier molecular flexibility index (Phi) is 7.71. The van der Waals surface area contributed by atoms with Gasteiger partial charge in [0.25, 0.3) is 0 Å². The van der Waals surface area contributed by atoms with Gasteiger partial charge >= 0.3 is 12.2 Å². The summed E-state index contributed by atoms with van der Waals surface area (Å²) in [7, 11) is 4.27. The second-order valence-electron chi connectivity index (χ2n) is 8.25. The zero-order valence-corrected chi connectivity index (χ0v) is 19.9. The lowest BCUT2D eigenvalue weighted by molar-refractivity contribution is -0.175. The second kappa shape index (κ2) is 10.3. The molecule has 0 bridgehead atoms. The molecule has 2 unspecified atom stereocenters. The minimum absolute atomic E-state index is 0.338. The number of carbonyl (C=O) groups is 1. The van der Waals surface area contributed by atoms with E-state index in [9.17, 15) is 18.0 Å². The molecular weight excluding hydrogens is 447 g/mol. The summed E-state index contributed by atoms with van der Waals surface area (Å²) in [5.74, 6) is 0.635. The van der Waals surface area contributed by atoms with Gasteiger partial charge in [-0.15, -0.1) is 0 Å². The molecule has 0 saturated carbocycles. The number of imidazole rings is 1. The number of halogens is 3. The number of nitrogens with zero attached hydrogens (tertiary/aromatic N) is 4. The van der Waals surface area contributed by atoms with Crippen LogP contribution in [0.1, 0.15) is 25.5 Å². The Morgan fingerprint density at radius 3 is 2.59 bits per heavy atom. The quantitative estimate of drug-likeness (QED) is 0.515. The van der Waals surface area contributed by atoms with Crippen molar-refractivity contribution in [3.8, 4) is 16.9 Å². The van der Waals surface area contributed by atoms with Crippen molar-refractivity contribution in [2.45, 2.75) is 32.1 Å². The highest BCUT2D eigenvalue weighted by Crippen LogP contribution is 2.30. The van der Waals surface area contributed by atoms with Gasteiger partial charge in [0.2, 0.25) is 0 Å². The summed E-state index contributed by atoms with van der Waals surface area (Å²) in [4.78, 5) is 19.7. The molecule has 0 saturated heterocycles. The number of pyridine rings is 1. The number of methoxy groups -OCH3 is 1. The van der Waals surface area contributed by atoms with Crippen LogP contribution in [0.2, 0.25) is 0 Å². The van der Waals surface area contributed by atoms with Gasteiger partial charge in [-0.25, -0.2) is 9.78 Å². The van der Waals surface area contributed by atoms with Gasteiger partial charge in [-0.2, -0.15) is 13.2 Å². The molecule has 2 amide bonds. The van der Waals surface area contributed by atoms with Crippen LogP contribution in [0.5, 0.6) is 5.75 Å². The first-order valence-electron chi connectivity index (χ1n) is 11.0. The van der Waals surface area contributed by atoms with Crippen LogP contribution in [0.3, 0.4) is 0 Å². The Balaban J connectivity index is 1.81. The lowest BCUT2D eigenvalue weighted by Gasteiger charge is -2.31. The number of aromatic nitrogens is 2.